The van der Waals surface area contributed by atoms with Crippen molar-refractivity contribution in [1.82, 2.24) is 4.98 Å². The van der Waals surface area contributed by atoms with Gasteiger partial charge in [-0.15, -0.1) is 11.8 Å². The average Bonchev–Trinajstić information content (AvgIpc) is 3.72. The van der Waals surface area contributed by atoms with Crippen molar-refractivity contribution in [3.05, 3.63) is 111 Å². The molecule has 3 aromatic carbocycles. The van der Waals surface area contributed by atoms with Crippen LogP contribution in [-0.4, -0.2) is 22.0 Å². The first-order valence-electron chi connectivity index (χ1n) is 13.7. The second-order valence-corrected chi connectivity index (χ2v) is 13.3. The summed E-state index contributed by atoms with van der Waals surface area (Å²) in [4.78, 5) is 45.8. The monoisotopic (exact) mass is 566 g/mol. The Morgan fingerprint density at radius 2 is 1.50 bits per heavy atom. The molecule has 2 amide bonds. The van der Waals surface area contributed by atoms with Crippen LogP contribution in [0, 0.1) is 29.6 Å². The molecule has 1 aromatic heterocycles. The number of nitrogens with zero attached hydrogens (tertiary/aromatic N) is 1. The fourth-order valence-corrected chi connectivity index (χ4v) is 10.7. The number of ether oxygens (including phenoxy) is 1. The molecule has 8 rings (SSSR count). The van der Waals surface area contributed by atoms with E-state index < -0.39 is 0 Å². The van der Waals surface area contributed by atoms with Crippen LogP contribution in [0.4, 0.5) is 5.69 Å². The minimum atomic E-state index is -0.323. The number of hydrogen-bond donors (Lipinski definition) is 1. The van der Waals surface area contributed by atoms with Gasteiger partial charge in [0.1, 0.15) is 12.4 Å². The summed E-state index contributed by atoms with van der Waals surface area (Å²) >= 11 is 2.97. The Hall–Kier alpha value is -3.62. The van der Waals surface area contributed by atoms with Crippen molar-refractivity contribution < 1.29 is 14.3 Å². The summed E-state index contributed by atoms with van der Waals surface area (Å²) in [5.41, 5.74) is 2.78. The Morgan fingerprint density at radius 3 is 2.27 bits per heavy atom. The summed E-state index contributed by atoms with van der Waals surface area (Å²) in [6, 6.07) is 27.5. The maximum absolute atomic E-state index is 13.9. The van der Waals surface area contributed by atoms with Crippen molar-refractivity contribution in [2.24, 2.45) is 29.6 Å². The number of aromatic amines is 1. The molecule has 4 aliphatic rings. The van der Waals surface area contributed by atoms with E-state index in [0.29, 0.717) is 12.3 Å². The third kappa shape index (κ3) is 3.52. The van der Waals surface area contributed by atoms with Gasteiger partial charge in [-0.25, -0.2) is 0 Å². The highest BCUT2D eigenvalue weighted by Gasteiger charge is 2.69. The number of hydrogen-bond acceptors (Lipinski definition) is 6. The Labute approximate surface area is 239 Å². The van der Waals surface area contributed by atoms with Gasteiger partial charge in [0, 0.05) is 21.6 Å². The predicted octanol–water partition coefficient (Wildman–Crippen LogP) is 5.69. The van der Waals surface area contributed by atoms with Crippen molar-refractivity contribution in [3.8, 4) is 5.75 Å². The van der Waals surface area contributed by atoms with Crippen molar-refractivity contribution in [2.45, 2.75) is 29.2 Å². The lowest BCUT2D eigenvalue weighted by Crippen LogP contribution is -2.42. The van der Waals surface area contributed by atoms with Crippen molar-refractivity contribution in [1.29, 1.82) is 0 Å². The maximum atomic E-state index is 13.9. The first kappa shape index (κ1) is 24.2. The molecule has 200 valence electrons. The Morgan fingerprint density at radius 1 is 0.825 bits per heavy atom. The average molecular weight is 567 g/mol. The lowest BCUT2D eigenvalue weighted by atomic mass is 9.68. The van der Waals surface area contributed by atoms with Crippen LogP contribution in [0.1, 0.15) is 28.3 Å². The number of amides is 2. The number of thioether (sulfide) groups is 1. The number of imide groups is 1. The van der Waals surface area contributed by atoms with Crippen molar-refractivity contribution in [3.63, 3.8) is 0 Å². The molecule has 1 saturated heterocycles. The maximum Gasteiger partial charge on any atom is 0.305 e. The van der Waals surface area contributed by atoms with E-state index in [1.165, 1.54) is 16.2 Å². The summed E-state index contributed by atoms with van der Waals surface area (Å²) in [6.45, 7) is 0.444. The van der Waals surface area contributed by atoms with E-state index >= 15 is 0 Å². The first-order chi connectivity index (χ1) is 19.6. The van der Waals surface area contributed by atoms with E-state index in [4.69, 9.17) is 4.74 Å². The van der Waals surface area contributed by atoms with E-state index in [1.807, 2.05) is 78.9 Å². The number of para-hydroxylation sites is 2. The van der Waals surface area contributed by atoms with Gasteiger partial charge in [-0.05, 0) is 47.9 Å². The molecule has 4 aromatic rings. The standard InChI is InChI=1S/C32H26N2O4S2/c35-30-25-20-15-21(26(25)31(36)34(30)18-11-5-2-6-12-18)27-24(20)23(28-29(39-27)33-32(37)40-28)19-13-7-8-14-22(19)38-16-17-9-3-1-4-10-17/h1-14,20-21,23-27H,15-16H2,(H,33,37)/t20-,21-,23+,24+,25+,26+,27-/m1/s1. The smallest absolute Gasteiger partial charge is 0.305 e. The highest BCUT2D eigenvalue weighted by atomic mass is 32.2. The van der Waals surface area contributed by atoms with Crippen LogP contribution in [0.2, 0.25) is 0 Å². The van der Waals surface area contributed by atoms with Crippen LogP contribution in [0.15, 0.2) is 94.7 Å². The summed E-state index contributed by atoms with van der Waals surface area (Å²) in [5.74, 6) is 0.235. The van der Waals surface area contributed by atoms with Gasteiger partial charge in [-0.2, -0.15) is 0 Å². The van der Waals surface area contributed by atoms with Crippen LogP contribution < -0.4 is 14.5 Å². The fourth-order valence-electron chi connectivity index (χ4n) is 7.80. The third-order valence-electron chi connectivity index (χ3n) is 9.23. The number of anilines is 1. The summed E-state index contributed by atoms with van der Waals surface area (Å²) in [7, 11) is 0. The fraction of sp³-hybridized carbons (Fsp3) is 0.281. The zero-order valence-electron chi connectivity index (χ0n) is 21.4. The predicted molar refractivity (Wildman–Crippen MR) is 155 cm³/mol. The van der Waals surface area contributed by atoms with E-state index in [2.05, 4.69) is 11.1 Å². The number of aromatic nitrogens is 1. The van der Waals surface area contributed by atoms with E-state index in [9.17, 15) is 14.4 Å². The van der Waals surface area contributed by atoms with Gasteiger partial charge in [-0.1, -0.05) is 78.1 Å². The van der Waals surface area contributed by atoms with Crippen LogP contribution in [0.3, 0.4) is 0 Å². The molecule has 0 unspecified atom stereocenters. The van der Waals surface area contributed by atoms with E-state index in [0.717, 1.165) is 33.2 Å². The highest BCUT2D eigenvalue weighted by Crippen LogP contribution is 2.69. The molecule has 2 saturated carbocycles. The highest BCUT2D eigenvalue weighted by molar-refractivity contribution is 8.00. The van der Waals surface area contributed by atoms with Crippen LogP contribution in [0.5, 0.6) is 5.75 Å². The second-order valence-electron chi connectivity index (χ2n) is 11.1. The molecule has 8 heteroatoms. The van der Waals surface area contributed by atoms with Gasteiger partial charge < -0.3 is 9.72 Å². The first-order valence-corrected chi connectivity index (χ1v) is 15.4. The van der Waals surface area contributed by atoms with Crippen molar-refractivity contribution >= 4 is 40.6 Å². The molecule has 3 heterocycles. The van der Waals surface area contributed by atoms with E-state index in [1.54, 1.807) is 11.8 Å². The summed E-state index contributed by atoms with van der Waals surface area (Å²) in [5, 5.41) is 1.04. The Bertz CT molecular complexity index is 1680. The number of benzene rings is 3. The van der Waals surface area contributed by atoms with Crippen LogP contribution >= 0.6 is 23.1 Å². The number of carbonyl (C=O) groups excluding carboxylic acids is 2. The van der Waals surface area contributed by atoms with Gasteiger partial charge in [-0.3, -0.25) is 19.3 Å². The molecule has 0 radical (unpaired) electrons. The molecule has 2 bridgehead atoms. The van der Waals surface area contributed by atoms with E-state index in [-0.39, 0.29) is 57.4 Å². The van der Waals surface area contributed by atoms with Crippen LogP contribution in [-0.2, 0) is 16.2 Å². The molecule has 7 atom stereocenters. The number of fused-ring (bicyclic) bond motifs is 9. The number of thiazole rings is 1. The zero-order valence-corrected chi connectivity index (χ0v) is 23.1. The Balaban J connectivity index is 1.20. The molecular weight excluding hydrogens is 540 g/mol. The minimum absolute atomic E-state index is 0.0650. The number of H-pyrrole nitrogens is 1. The number of carbonyl (C=O) groups is 2. The third-order valence-corrected chi connectivity index (χ3v) is 11.8. The van der Waals surface area contributed by atoms with Crippen LogP contribution in [0.25, 0.3) is 0 Å². The summed E-state index contributed by atoms with van der Waals surface area (Å²) in [6.07, 6.45) is 0.862. The Kier molecular flexibility index (Phi) is 5.57. The van der Waals surface area contributed by atoms with Gasteiger partial charge in [0.05, 0.1) is 22.5 Å². The van der Waals surface area contributed by atoms with Crippen molar-refractivity contribution in [2.75, 3.05) is 4.90 Å². The molecule has 3 fully saturated rings. The zero-order chi connectivity index (χ0) is 27.0. The normalized spacial score (nSPS) is 29.8. The van der Waals surface area contributed by atoms with Gasteiger partial charge in [0.2, 0.25) is 11.8 Å². The quantitative estimate of drug-likeness (QED) is 0.314. The molecule has 40 heavy (non-hydrogen) atoms. The molecule has 2 aliphatic heterocycles. The van der Waals surface area contributed by atoms with Gasteiger partial charge in [0.15, 0.2) is 0 Å². The molecule has 1 N–H and O–H groups in total. The lowest BCUT2D eigenvalue weighted by molar-refractivity contribution is -0.123. The lowest BCUT2D eigenvalue weighted by Gasteiger charge is -2.43. The molecule has 2 aliphatic carbocycles. The minimum Gasteiger partial charge on any atom is -0.489 e. The molecule has 6 nitrogen and oxygen atoms in total. The molecular formula is C32H26N2O4S2. The molecule has 0 spiro atoms. The SMILES string of the molecule is O=C1[C@H]2[C@H]3C[C@@H]([C@@H]2C(=O)N1c1ccccc1)[C@H]1[C@H](c2ccccc2OCc2ccccc2)c2sc(=O)[nH]c2S[C@H]31. The second kappa shape index (κ2) is 9.21. The van der Waals surface area contributed by atoms with Gasteiger partial charge in [0.25, 0.3) is 0 Å². The number of nitrogens with one attached hydrogen (secondary N) is 1. The largest absolute Gasteiger partial charge is 0.489 e. The number of rotatable bonds is 5. The summed E-state index contributed by atoms with van der Waals surface area (Å²) < 4.78 is 6.41. The topological polar surface area (TPSA) is 79.5 Å². The van der Waals surface area contributed by atoms with Gasteiger partial charge >= 0.3 is 4.87 Å².